The smallest absolute Gasteiger partial charge is 0.253 e. The highest BCUT2D eigenvalue weighted by atomic mass is 16.1. The number of carbonyl (C=O) groups is 1. The highest BCUT2D eigenvalue weighted by molar-refractivity contribution is 5.99. The Morgan fingerprint density at radius 3 is 2.48 bits per heavy atom. The molecule has 2 N–H and O–H groups in total. The van der Waals surface area contributed by atoms with Crippen LogP contribution >= 0.6 is 0 Å². The average Bonchev–Trinajstić information content (AvgIpc) is 2.50. The summed E-state index contributed by atoms with van der Waals surface area (Å²) in [4.78, 5) is 14.7. The van der Waals surface area contributed by atoms with Gasteiger partial charge in [0.25, 0.3) is 5.91 Å². The molecule has 1 atom stereocenters. The molecule has 0 aliphatic rings. The number of hydrogen-bond donors (Lipinski definition) is 2. The van der Waals surface area contributed by atoms with E-state index in [2.05, 4.69) is 43.2 Å². The lowest BCUT2D eigenvalue weighted by Crippen LogP contribution is -2.42. The van der Waals surface area contributed by atoms with Gasteiger partial charge in [0, 0.05) is 24.8 Å². The van der Waals surface area contributed by atoms with Gasteiger partial charge < -0.3 is 15.5 Å². The molecular weight excluding hydrogens is 262 g/mol. The number of benzene rings is 1. The first-order valence-corrected chi connectivity index (χ1v) is 7.98. The van der Waals surface area contributed by atoms with E-state index < -0.39 is 0 Å². The van der Waals surface area contributed by atoms with Gasteiger partial charge in [0.1, 0.15) is 0 Å². The monoisotopic (exact) mass is 291 g/mol. The summed E-state index contributed by atoms with van der Waals surface area (Å²) in [7, 11) is 0. The molecule has 4 heteroatoms. The van der Waals surface area contributed by atoms with Crippen molar-refractivity contribution in [1.29, 1.82) is 0 Å². The third-order valence-electron chi connectivity index (χ3n) is 3.54. The van der Waals surface area contributed by atoms with Crippen LogP contribution in [0.2, 0.25) is 0 Å². The van der Waals surface area contributed by atoms with Crippen LogP contribution in [0.15, 0.2) is 24.3 Å². The second-order valence-corrected chi connectivity index (χ2v) is 5.33. The standard InChI is InChI=1S/C17H29N3O/c1-5-12-18-16-11-9-8-10-15(16)17(21)19-14(4)13-20(6-2)7-3/h8-11,14,18H,5-7,12-13H2,1-4H3,(H,19,21). The molecule has 0 aromatic heterocycles. The third-order valence-corrected chi connectivity index (χ3v) is 3.54. The second-order valence-electron chi connectivity index (χ2n) is 5.33. The van der Waals surface area contributed by atoms with Crippen LogP contribution in [0.5, 0.6) is 0 Å². The van der Waals surface area contributed by atoms with Gasteiger partial charge in [-0.05, 0) is 38.6 Å². The molecule has 1 rings (SSSR count). The number of likely N-dealkylation sites (N-methyl/N-ethyl adjacent to an activating group) is 1. The Hall–Kier alpha value is -1.55. The summed E-state index contributed by atoms with van der Waals surface area (Å²) in [5, 5.41) is 6.40. The zero-order valence-corrected chi connectivity index (χ0v) is 13.8. The van der Waals surface area contributed by atoms with Crippen molar-refractivity contribution < 1.29 is 4.79 Å². The lowest BCUT2D eigenvalue weighted by molar-refractivity contribution is 0.0931. The zero-order chi connectivity index (χ0) is 15.7. The number of amides is 1. The van der Waals surface area contributed by atoms with E-state index in [4.69, 9.17) is 0 Å². The first-order valence-electron chi connectivity index (χ1n) is 7.98. The first-order chi connectivity index (χ1) is 10.1. The number of para-hydroxylation sites is 1. The second kappa shape index (κ2) is 9.40. The maximum atomic E-state index is 12.4. The van der Waals surface area contributed by atoms with Gasteiger partial charge in [0.05, 0.1) is 5.56 Å². The maximum Gasteiger partial charge on any atom is 0.253 e. The Morgan fingerprint density at radius 1 is 1.19 bits per heavy atom. The van der Waals surface area contributed by atoms with Crippen molar-refractivity contribution in [3.8, 4) is 0 Å². The van der Waals surface area contributed by atoms with Crippen LogP contribution in [0.25, 0.3) is 0 Å². The van der Waals surface area contributed by atoms with Crippen LogP contribution in [0.4, 0.5) is 5.69 Å². The van der Waals surface area contributed by atoms with E-state index in [0.717, 1.165) is 43.9 Å². The molecule has 1 unspecified atom stereocenters. The number of nitrogens with zero attached hydrogens (tertiary/aromatic N) is 1. The normalized spacial score (nSPS) is 12.2. The minimum atomic E-state index is -0.00569. The van der Waals surface area contributed by atoms with Gasteiger partial charge in [0.2, 0.25) is 0 Å². The largest absolute Gasteiger partial charge is 0.384 e. The SMILES string of the molecule is CCCNc1ccccc1C(=O)NC(C)CN(CC)CC. The Bertz CT molecular complexity index is 430. The van der Waals surface area contributed by atoms with E-state index in [1.165, 1.54) is 0 Å². The summed E-state index contributed by atoms with van der Waals surface area (Å²) in [5.74, 6) is -0.00569. The Balaban J connectivity index is 2.66. The van der Waals surface area contributed by atoms with E-state index in [9.17, 15) is 4.79 Å². The minimum Gasteiger partial charge on any atom is -0.384 e. The van der Waals surface area contributed by atoms with E-state index in [0.29, 0.717) is 0 Å². The van der Waals surface area contributed by atoms with E-state index in [1.54, 1.807) is 0 Å². The van der Waals surface area contributed by atoms with Crippen LogP contribution in [-0.2, 0) is 0 Å². The van der Waals surface area contributed by atoms with Gasteiger partial charge in [-0.1, -0.05) is 32.9 Å². The number of rotatable bonds is 9. The van der Waals surface area contributed by atoms with Gasteiger partial charge >= 0.3 is 0 Å². The molecule has 0 saturated carbocycles. The molecule has 1 amide bonds. The van der Waals surface area contributed by atoms with E-state index in [1.807, 2.05) is 24.3 Å². The van der Waals surface area contributed by atoms with Crippen molar-refractivity contribution in [1.82, 2.24) is 10.2 Å². The Labute approximate surface area is 128 Å². The van der Waals surface area contributed by atoms with Gasteiger partial charge in [-0.3, -0.25) is 4.79 Å². The third kappa shape index (κ3) is 5.76. The molecule has 0 radical (unpaired) electrons. The van der Waals surface area contributed by atoms with E-state index >= 15 is 0 Å². The Morgan fingerprint density at radius 2 is 1.86 bits per heavy atom. The predicted molar refractivity (Wildman–Crippen MR) is 89.9 cm³/mol. The topological polar surface area (TPSA) is 44.4 Å². The molecule has 0 bridgehead atoms. The number of nitrogens with one attached hydrogen (secondary N) is 2. The molecule has 0 aliphatic heterocycles. The molecule has 0 heterocycles. The van der Waals surface area contributed by atoms with Crippen molar-refractivity contribution in [2.75, 3.05) is 31.5 Å². The molecule has 0 saturated heterocycles. The van der Waals surface area contributed by atoms with Gasteiger partial charge in [0.15, 0.2) is 0 Å². The number of hydrogen-bond acceptors (Lipinski definition) is 3. The first kappa shape index (κ1) is 17.5. The molecule has 0 aliphatic carbocycles. The van der Waals surface area contributed by atoms with Crippen molar-refractivity contribution in [2.24, 2.45) is 0 Å². The molecule has 0 fully saturated rings. The van der Waals surface area contributed by atoms with Crippen molar-refractivity contribution in [3.63, 3.8) is 0 Å². The zero-order valence-electron chi connectivity index (χ0n) is 13.8. The summed E-state index contributed by atoms with van der Waals surface area (Å²) >= 11 is 0. The van der Waals surface area contributed by atoms with Crippen LogP contribution in [0.1, 0.15) is 44.5 Å². The number of carbonyl (C=O) groups excluding carboxylic acids is 1. The van der Waals surface area contributed by atoms with Crippen LogP contribution in [-0.4, -0.2) is 43.0 Å². The summed E-state index contributed by atoms with van der Waals surface area (Å²) in [6.45, 7) is 12.2. The molecule has 21 heavy (non-hydrogen) atoms. The highest BCUT2D eigenvalue weighted by Gasteiger charge is 2.14. The predicted octanol–water partition coefficient (Wildman–Crippen LogP) is 2.97. The maximum absolute atomic E-state index is 12.4. The van der Waals surface area contributed by atoms with Crippen LogP contribution in [0, 0.1) is 0 Å². The molecule has 4 nitrogen and oxygen atoms in total. The van der Waals surface area contributed by atoms with Crippen LogP contribution < -0.4 is 10.6 Å². The average molecular weight is 291 g/mol. The van der Waals surface area contributed by atoms with Crippen molar-refractivity contribution in [3.05, 3.63) is 29.8 Å². The Kier molecular flexibility index (Phi) is 7.83. The number of anilines is 1. The molecule has 118 valence electrons. The fourth-order valence-electron chi connectivity index (χ4n) is 2.31. The van der Waals surface area contributed by atoms with Crippen molar-refractivity contribution >= 4 is 11.6 Å². The van der Waals surface area contributed by atoms with Gasteiger partial charge in [-0.25, -0.2) is 0 Å². The molecule has 1 aromatic carbocycles. The summed E-state index contributed by atoms with van der Waals surface area (Å²) < 4.78 is 0. The molecular formula is C17H29N3O. The lowest BCUT2D eigenvalue weighted by atomic mass is 10.1. The summed E-state index contributed by atoms with van der Waals surface area (Å²) in [5.41, 5.74) is 1.63. The van der Waals surface area contributed by atoms with Crippen molar-refractivity contribution in [2.45, 2.75) is 40.2 Å². The fraction of sp³-hybridized carbons (Fsp3) is 0.588. The minimum absolute atomic E-state index is 0.00569. The van der Waals surface area contributed by atoms with Gasteiger partial charge in [-0.2, -0.15) is 0 Å². The summed E-state index contributed by atoms with van der Waals surface area (Å²) in [6.07, 6.45) is 1.04. The molecule has 0 spiro atoms. The van der Waals surface area contributed by atoms with E-state index in [-0.39, 0.29) is 11.9 Å². The lowest BCUT2D eigenvalue weighted by Gasteiger charge is -2.23. The fourth-order valence-corrected chi connectivity index (χ4v) is 2.31. The highest BCUT2D eigenvalue weighted by Crippen LogP contribution is 2.15. The molecule has 1 aromatic rings. The quantitative estimate of drug-likeness (QED) is 0.735. The van der Waals surface area contributed by atoms with Gasteiger partial charge in [-0.15, -0.1) is 0 Å². The van der Waals surface area contributed by atoms with Crippen LogP contribution in [0.3, 0.4) is 0 Å². The summed E-state index contributed by atoms with van der Waals surface area (Å²) in [6, 6.07) is 7.82.